The zero-order valence-corrected chi connectivity index (χ0v) is 16.2. The van der Waals surface area contributed by atoms with Crippen LogP contribution in [0.4, 0.5) is 0 Å². The van der Waals surface area contributed by atoms with Crippen LogP contribution in [0.3, 0.4) is 0 Å². The third-order valence-electron chi connectivity index (χ3n) is 3.96. The minimum absolute atomic E-state index is 0.141. The molecule has 3 rings (SSSR count). The van der Waals surface area contributed by atoms with Gasteiger partial charge >= 0.3 is 0 Å². The molecule has 7 nitrogen and oxygen atoms in total. The van der Waals surface area contributed by atoms with Crippen molar-refractivity contribution in [3.63, 3.8) is 0 Å². The van der Waals surface area contributed by atoms with E-state index in [2.05, 4.69) is 22.8 Å². The Labute approximate surface area is 167 Å². The van der Waals surface area contributed by atoms with E-state index in [4.69, 9.17) is 14.4 Å². The van der Waals surface area contributed by atoms with Crippen molar-refractivity contribution >= 4 is 11.8 Å². The summed E-state index contributed by atoms with van der Waals surface area (Å²) in [6.07, 6.45) is 2.71. The molecule has 0 saturated heterocycles. The van der Waals surface area contributed by atoms with E-state index in [1.54, 1.807) is 36.6 Å². The smallest absolute Gasteiger partial charge is 0.191 e. The van der Waals surface area contributed by atoms with Crippen molar-refractivity contribution in [3.8, 4) is 23.2 Å². The van der Waals surface area contributed by atoms with Gasteiger partial charge in [-0.1, -0.05) is 17.8 Å². The van der Waals surface area contributed by atoms with Crippen molar-refractivity contribution in [2.75, 3.05) is 12.4 Å². The summed E-state index contributed by atoms with van der Waals surface area (Å²) in [6.45, 7) is 6.36. The number of thioether (sulfide) groups is 1. The topological polar surface area (TPSA) is 97.1 Å². The highest BCUT2D eigenvalue weighted by atomic mass is 32.2. The quantitative estimate of drug-likeness (QED) is 0.437. The van der Waals surface area contributed by atoms with E-state index in [1.165, 1.54) is 11.8 Å². The number of aliphatic hydroxyl groups excluding tert-OH is 1. The molecule has 0 aliphatic carbocycles. The molecular formula is C20H20N4O3S. The zero-order valence-electron chi connectivity index (χ0n) is 15.4. The maximum absolute atomic E-state index is 10.2. The minimum atomic E-state index is -0.686. The molecule has 28 heavy (non-hydrogen) atoms. The summed E-state index contributed by atoms with van der Waals surface area (Å²) >= 11 is 1.40. The van der Waals surface area contributed by atoms with Gasteiger partial charge in [-0.3, -0.25) is 4.57 Å². The van der Waals surface area contributed by atoms with Crippen LogP contribution in [-0.4, -0.2) is 38.3 Å². The van der Waals surface area contributed by atoms with Gasteiger partial charge in [-0.25, -0.2) is 0 Å². The number of allylic oxidation sites excluding steroid dienone is 1. The van der Waals surface area contributed by atoms with Crippen molar-refractivity contribution in [1.29, 1.82) is 5.26 Å². The molecule has 0 aliphatic heterocycles. The maximum Gasteiger partial charge on any atom is 0.191 e. The first-order valence-corrected chi connectivity index (χ1v) is 9.63. The van der Waals surface area contributed by atoms with Gasteiger partial charge in [-0.2, -0.15) is 5.26 Å². The van der Waals surface area contributed by atoms with Crippen molar-refractivity contribution in [2.24, 2.45) is 0 Å². The van der Waals surface area contributed by atoms with E-state index in [-0.39, 0.29) is 6.61 Å². The van der Waals surface area contributed by atoms with Crippen molar-refractivity contribution < 1.29 is 14.3 Å². The molecule has 0 radical (unpaired) electrons. The van der Waals surface area contributed by atoms with Crippen LogP contribution in [0.25, 0.3) is 11.4 Å². The molecule has 0 fully saturated rings. The van der Waals surface area contributed by atoms with Gasteiger partial charge in [-0.15, -0.1) is 16.8 Å². The predicted octanol–water partition coefficient (Wildman–Crippen LogP) is 3.44. The lowest BCUT2D eigenvalue weighted by molar-refractivity contribution is 0.126. The Morgan fingerprint density at radius 1 is 1.36 bits per heavy atom. The Kier molecular flexibility index (Phi) is 6.53. The van der Waals surface area contributed by atoms with Gasteiger partial charge in [0.05, 0.1) is 29.6 Å². The molecule has 144 valence electrons. The molecule has 2 heterocycles. The second-order valence-electron chi connectivity index (χ2n) is 6.01. The fourth-order valence-electron chi connectivity index (χ4n) is 2.54. The van der Waals surface area contributed by atoms with Crippen molar-refractivity contribution in [2.45, 2.75) is 24.7 Å². The monoisotopic (exact) mass is 396 g/mol. The number of hydrogen-bond donors (Lipinski definition) is 1. The first kappa shape index (κ1) is 19.7. The highest BCUT2D eigenvalue weighted by molar-refractivity contribution is 7.99. The van der Waals surface area contributed by atoms with Gasteiger partial charge in [-0.05, 0) is 37.3 Å². The number of nitriles is 1. The standard InChI is InChI=1S/C20H20N4O3S/c1-3-9-24-19(18-8-10-26-14(18)2)22-23-20(24)28-13-16(25)12-27-17-6-4-15(11-21)5-7-17/h3-8,10,16,25H,1,9,12-13H2,2H3. The van der Waals surface area contributed by atoms with Gasteiger partial charge in [0.2, 0.25) is 0 Å². The molecule has 0 spiro atoms. The molecule has 1 atom stereocenters. The number of hydrogen-bond acceptors (Lipinski definition) is 7. The van der Waals surface area contributed by atoms with Gasteiger partial charge in [0.1, 0.15) is 18.1 Å². The Hall–Kier alpha value is -3.02. The molecule has 3 aromatic rings. The molecule has 2 aromatic heterocycles. The van der Waals surface area contributed by atoms with Crippen LogP contribution in [0.5, 0.6) is 5.75 Å². The number of rotatable bonds is 9. The van der Waals surface area contributed by atoms with E-state index < -0.39 is 6.10 Å². The summed E-state index contributed by atoms with van der Waals surface area (Å²) in [7, 11) is 0. The number of benzene rings is 1. The third-order valence-corrected chi connectivity index (χ3v) is 5.07. The lowest BCUT2D eigenvalue weighted by Gasteiger charge is -2.12. The lowest BCUT2D eigenvalue weighted by Crippen LogP contribution is -2.20. The first-order chi connectivity index (χ1) is 13.6. The lowest BCUT2D eigenvalue weighted by atomic mass is 10.2. The molecule has 8 heteroatoms. The second kappa shape index (κ2) is 9.26. The van der Waals surface area contributed by atoms with Crippen LogP contribution in [0.2, 0.25) is 0 Å². The highest BCUT2D eigenvalue weighted by Crippen LogP contribution is 2.27. The molecule has 0 bridgehead atoms. The van der Waals surface area contributed by atoms with Crippen LogP contribution in [-0.2, 0) is 6.54 Å². The van der Waals surface area contributed by atoms with E-state index in [0.29, 0.717) is 34.6 Å². The van der Waals surface area contributed by atoms with Gasteiger partial charge in [0.25, 0.3) is 0 Å². The largest absolute Gasteiger partial charge is 0.491 e. The molecule has 0 saturated carbocycles. The molecule has 1 unspecified atom stereocenters. The third kappa shape index (κ3) is 4.63. The Balaban J connectivity index is 1.60. The summed E-state index contributed by atoms with van der Waals surface area (Å²) in [5.41, 5.74) is 1.44. The number of aliphatic hydroxyl groups is 1. The van der Waals surface area contributed by atoms with Crippen LogP contribution in [0.1, 0.15) is 11.3 Å². The number of aryl methyl sites for hydroxylation is 1. The summed E-state index contributed by atoms with van der Waals surface area (Å²) < 4.78 is 12.9. The molecule has 1 aromatic carbocycles. The van der Waals surface area contributed by atoms with Crippen LogP contribution >= 0.6 is 11.8 Å². The fraction of sp³-hybridized carbons (Fsp3) is 0.250. The molecule has 0 amide bonds. The summed E-state index contributed by atoms with van der Waals surface area (Å²) in [4.78, 5) is 0. The van der Waals surface area contributed by atoms with Crippen LogP contribution < -0.4 is 4.74 Å². The molecule has 0 aliphatic rings. The number of furan rings is 1. The number of aromatic nitrogens is 3. The Morgan fingerprint density at radius 3 is 2.79 bits per heavy atom. The van der Waals surface area contributed by atoms with Crippen LogP contribution in [0, 0.1) is 18.3 Å². The van der Waals surface area contributed by atoms with E-state index >= 15 is 0 Å². The average Bonchev–Trinajstić information content (AvgIpc) is 3.31. The summed E-state index contributed by atoms with van der Waals surface area (Å²) in [5, 5.41) is 28.2. The highest BCUT2D eigenvalue weighted by Gasteiger charge is 2.18. The predicted molar refractivity (Wildman–Crippen MR) is 106 cm³/mol. The summed E-state index contributed by atoms with van der Waals surface area (Å²) in [5.74, 6) is 2.48. The normalized spacial score (nSPS) is 11.8. The first-order valence-electron chi connectivity index (χ1n) is 8.64. The van der Waals surface area contributed by atoms with Gasteiger partial charge < -0.3 is 14.3 Å². The maximum atomic E-state index is 10.2. The van der Waals surface area contributed by atoms with Crippen molar-refractivity contribution in [1.82, 2.24) is 14.8 Å². The Morgan fingerprint density at radius 2 is 2.14 bits per heavy atom. The number of nitrogens with zero attached hydrogens (tertiary/aromatic N) is 4. The van der Waals surface area contributed by atoms with E-state index in [0.717, 1.165) is 11.3 Å². The summed E-state index contributed by atoms with van der Waals surface area (Å²) in [6, 6.07) is 10.7. The molecule has 1 N–H and O–H groups in total. The Bertz CT molecular complexity index is 972. The zero-order chi connectivity index (χ0) is 19.9. The van der Waals surface area contributed by atoms with Crippen LogP contribution in [0.15, 0.2) is 58.8 Å². The van der Waals surface area contributed by atoms with Crippen molar-refractivity contribution in [3.05, 3.63) is 60.6 Å². The average molecular weight is 396 g/mol. The SMILES string of the molecule is C=CCn1c(SCC(O)COc2ccc(C#N)cc2)nnc1-c1ccoc1C. The second-order valence-corrected chi connectivity index (χ2v) is 7.00. The fourth-order valence-corrected chi connectivity index (χ4v) is 3.40. The van der Waals surface area contributed by atoms with E-state index in [9.17, 15) is 5.11 Å². The molecular weight excluding hydrogens is 376 g/mol. The van der Waals surface area contributed by atoms with Gasteiger partial charge in [0.15, 0.2) is 11.0 Å². The van der Waals surface area contributed by atoms with Gasteiger partial charge in [0, 0.05) is 12.3 Å². The minimum Gasteiger partial charge on any atom is -0.491 e. The van der Waals surface area contributed by atoms with E-state index in [1.807, 2.05) is 17.6 Å². The number of ether oxygens (including phenoxy) is 1.